The van der Waals surface area contributed by atoms with E-state index in [2.05, 4.69) is 44.9 Å². The van der Waals surface area contributed by atoms with E-state index in [0.717, 1.165) is 12.0 Å². The van der Waals surface area contributed by atoms with Crippen molar-refractivity contribution in [3.8, 4) is 0 Å². The summed E-state index contributed by atoms with van der Waals surface area (Å²) in [6, 6.07) is 0.720. The van der Waals surface area contributed by atoms with E-state index in [1.54, 1.807) is 0 Å². The lowest BCUT2D eigenvalue weighted by Gasteiger charge is -2.24. The Kier molecular flexibility index (Phi) is 5.48. The molecule has 0 heterocycles. The summed E-state index contributed by atoms with van der Waals surface area (Å²) in [5.41, 5.74) is 0. The fraction of sp³-hybridized carbons (Fsp3) is 1.00. The minimum absolute atomic E-state index is 0.408. The van der Waals surface area contributed by atoms with Crippen LogP contribution in [-0.4, -0.2) is 23.6 Å². The monoisotopic (exact) mass is 229 g/mol. The minimum atomic E-state index is 0.408. The SMILES string of the molecule is CNC(CSC(C)(C)C)CC1CCCC1. The third-order valence-electron chi connectivity index (χ3n) is 3.22. The van der Waals surface area contributed by atoms with Gasteiger partial charge in [-0.2, -0.15) is 11.8 Å². The molecule has 0 spiro atoms. The van der Waals surface area contributed by atoms with Gasteiger partial charge in [-0.15, -0.1) is 0 Å². The van der Waals surface area contributed by atoms with Crippen molar-refractivity contribution >= 4 is 11.8 Å². The second kappa shape index (κ2) is 6.15. The first-order valence-electron chi connectivity index (χ1n) is 6.32. The molecule has 0 amide bonds. The van der Waals surface area contributed by atoms with Gasteiger partial charge in [0.25, 0.3) is 0 Å². The Morgan fingerprint density at radius 2 is 1.87 bits per heavy atom. The largest absolute Gasteiger partial charge is 0.316 e. The van der Waals surface area contributed by atoms with Gasteiger partial charge in [-0.05, 0) is 19.4 Å². The van der Waals surface area contributed by atoms with Crippen LogP contribution in [0.25, 0.3) is 0 Å². The molecule has 1 nitrogen and oxygen atoms in total. The zero-order valence-electron chi connectivity index (χ0n) is 10.8. The standard InChI is InChI=1S/C13H27NS/c1-13(2,3)15-10-12(14-4)9-11-7-5-6-8-11/h11-12,14H,5-10H2,1-4H3. The van der Waals surface area contributed by atoms with Gasteiger partial charge in [0.05, 0.1) is 0 Å². The van der Waals surface area contributed by atoms with E-state index in [1.807, 2.05) is 0 Å². The van der Waals surface area contributed by atoms with Gasteiger partial charge < -0.3 is 5.32 Å². The van der Waals surface area contributed by atoms with Gasteiger partial charge in [-0.25, -0.2) is 0 Å². The quantitative estimate of drug-likeness (QED) is 0.772. The first-order valence-corrected chi connectivity index (χ1v) is 7.31. The summed E-state index contributed by atoms with van der Waals surface area (Å²) in [7, 11) is 2.11. The van der Waals surface area contributed by atoms with E-state index in [-0.39, 0.29) is 0 Å². The maximum absolute atomic E-state index is 3.48. The fourth-order valence-electron chi connectivity index (χ4n) is 2.27. The van der Waals surface area contributed by atoms with Crippen molar-refractivity contribution in [3.05, 3.63) is 0 Å². The molecule has 1 saturated carbocycles. The molecule has 0 aliphatic heterocycles. The van der Waals surface area contributed by atoms with Gasteiger partial charge in [0.2, 0.25) is 0 Å². The number of rotatable bonds is 5. The van der Waals surface area contributed by atoms with Crippen molar-refractivity contribution in [2.75, 3.05) is 12.8 Å². The minimum Gasteiger partial charge on any atom is -0.316 e. The van der Waals surface area contributed by atoms with Gasteiger partial charge in [0.1, 0.15) is 0 Å². The number of thioether (sulfide) groups is 1. The van der Waals surface area contributed by atoms with Crippen molar-refractivity contribution in [2.45, 2.75) is 63.7 Å². The third-order valence-corrected chi connectivity index (χ3v) is 4.65. The van der Waals surface area contributed by atoms with E-state index < -0.39 is 0 Å². The highest BCUT2D eigenvalue weighted by Gasteiger charge is 2.21. The first kappa shape index (κ1) is 13.4. The third kappa shape index (κ3) is 5.82. The highest BCUT2D eigenvalue weighted by Crippen LogP contribution is 2.31. The maximum Gasteiger partial charge on any atom is 0.0158 e. The summed E-state index contributed by atoms with van der Waals surface area (Å²) in [5.74, 6) is 2.26. The van der Waals surface area contributed by atoms with Crippen LogP contribution in [0.15, 0.2) is 0 Å². The molecule has 1 N–H and O–H groups in total. The van der Waals surface area contributed by atoms with Crippen LogP contribution in [0.5, 0.6) is 0 Å². The summed E-state index contributed by atoms with van der Waals surface area (Å²) in [4.78, 5) is 0. The van der Waals surface area contributed by atoms with Crippen LogP contribution in [0.2, 0.25) is 0 Å². The molecule has 0 saturated heterocycles. The topological polar surface area (TPSA) is 12.0 Å². The lowest BCUT2D eigenvalue weighted by molar-refractivity contribution is 0.427. The van der Waals surface area contributed by atoms with Crippen molar-refractivity contribution in [3.63, 3.8) is 0 Å². The molecule has 90 valence electrons. The highest BCUT2D eigenvalue weighted by molar-refractivity contribution is 8.00. The Morgan fingerprint density at radius 3 is 2.33 bits per heavy atom. The Balaban J connectivity index is 2.22. The van der Waals surface area contributed by atoms with Crippen molar-refractivity contribution in [1.82, 2.24) is 5.32 Å². The molecule has 1 atom stereocenters. The Labute approximate surface area is 99.8 Å². The predicted molar refractivity (Wildman–Crippen MR) is 71.6 cm³/mol. The van der Waals surface area contributed by atoms with Gasteiger partial charge in [0, 0.05) is 16.5 Å². The molecule has 1 fully saturated rings. The molecular weight excluding hydrogens is 202 g/mol. The van der Waals surface area contributed by atoms with Crippen LogP contribution in [0, 0.1) is 5.92 Å². The molecule has 0 aromatic rings. The molecule has 0 aromatic carbocycles. The molecule has 0 aromatic heterocycles. The van der Waals surface area contributed by atoms with Crippen LogP contribution >= 0.6 is 11.8 Å². The zero-order chi connectivity index (χ0) is 11.3. The van der Waals surface area contributed by atoms with E-state index in [9.17, 15) is 0 Å². The molecule has 15 heavy (non-hydrogen) atoms. The van der Waals surface area contributed by atoms with Crippen LogP contribution < -0.4 is 5.32 Å². The summed E-state index contributed by atoms with van der Waals surface area (Å²) in [6.45, 7) is 6.92. The fourth-order valence-corrected chi connectivity index (χ4v) is 3.27. The maximum atomic E-state index is 3.48. The molecule has 0 radical (unpaired) electrons. The average molecular weight is 229 g/mol. The highest BCUT2D eigenvalue weighted by atomic mass is 32.2. The Morgan fingerprint density at radius 1 is 1.27 bits per heavy atom. The molecule has 1 aliphatic carbocycles. The van der Waals surface area contributed by atoms with Gasteiger partial charge >= 0.3 is 0 Å². The van der Waals surface area contributed by atoms with Crippen LogP contribution in [0.4, 0.5) is 0 Å². The lowest BCUT2D eigenvalue weighted by Crippen LogP contribution is -2.31. The second-order valence-electron chi connectivity index (χ2n) is 5.80. The Hall–Kier alpha value is 0.310. The van der Waals surface area contributed by atoms with Crippen molar-refractivity contribution in [2.24, 2.45) is 5.92 Å². The van der Waals surface area contributed by atoms with Crippen LogP contribution in [0.1, 0.15) is 52.9 Å². The second-order valence-corrected chi connectivity index (χ2v) is 7.64. The van der Waals surface area contributed by atoms with E-state index in [1.165, 1.54) is 37.9 Å². The molecule has 2 heteroatoms. The zero-order valence-corrected chi connectivity index (χ0v) is 11.6. The van der Waals surface area contributed by atoms with E-state index in [0.29, 0.717) is 4.75 Å². The van der Waals surface area contributed by atoms with Gasteiger partial charge in [0.15, 0.2) is 0 Å². The summed E-state index contributed by atoms with van der Waals surface area (Å²) < 4.78 is 0.408. The average Bonchev–Trinajstić information content (AvgIpc) is 2.63. The van der Waals surface area contributed by atoms with Crippen LogP contribution in [-0.2, 0) is 0 Å². The van der Waals surface area contributed by atoms with E-state index >= 15 is 0 Å². The molecule has 1 unspecified atom stereocenters. The molecule has 1 rings (SSSR count). The van der Waals surface area contributed by atoms with E-state index in [4.69, 9.17) is 0 Å². The van der Waals surface area contributed by atoms with Crippen molar-refractivity contribution in [1.29, 1.82) is 0 Å². The van der Waals surface area contributed by atoms with Gasteiger partial charge in [-0.1, -0.05) is 46.5 Å². The number of hydrogen-bond donors (Lipinski definition) is 1. The lowest BCUT2D eigenvalue weighted by atomic mass is 9.99. The number of nitrogens with one attached hydrogen (secondary N) is 1. The molecule has 1 aliphatic rings. The molecular formula is C13H27NS. The van der Waals surface area contributed by atoms with Crippen molar-refractivity contribution < 1.29 is 0 Å². The molecule has 0 bridgehead atoms. The smallest absolute Gasteiger partial charge is 0.0158 e. The summed E-state index contributed by atoms with van der Waals surface area (Å²) in [5, 5.41) is 3.48. The summed E-state index contributed by atoms with van der Waals surface area (Å²) >= 11 is 2.09. The van der Waals surface area contributed by atoms with Crippen LogP contribution in [0.3, 0.4) is 0 Å². The van der Waals surface area contributed by atoms with Gasteiger partial charge in [-0.3, -0.25) is 0 Å². The summed E-state index contributed by atoms with van der Waals surface area (Å²) in [6.07, 6.45) is 7.26. The Bertz CT molecular complexity index is 168. The first-order chi connectivity index (χ1) is 7.01. The predicted octanol–water partition coefficient (Wildman–Crippen LogP) is 3.69. The normalized spacial score (nSPS) is 20.8. The number of hydrogen-bond acceptors (Lipinski definition) is 2.